The fourth-order valence-electron chi connectivity index (χ4n) is 1.75. The average Bonchev–Trinajstić information content (AvgIpc) is 2.33. The number of rotatable bonds is 2. The molecule has 0 saturated carbocycles. The third-order valence-electron chi connectivity index (χ3n) is 2.61. The monoisotopic (exact) mass is 240 g/mol. The summed E-state index contributed by atoms with van der Waals surface area (Å²) >= 11 is 0. The molecule has 0 aromatic heterocycles. The zero-order valence-corrected chi connectivity index (χ0v) is 8.92. The SMILES string of the molecule is O=[N+]([O-])c1cc([C@H]2COCCN2)cc(O)c1O. The van der Waals surface area contributed by atoms with Crippen molar-refractivity contribution in [1.29, 1.82) is 0 Å². The molecule has 7 heteroatoms. The van der Waals surface area contributed by atoms with Gasteiger partial charge in [-0.05, 0) is 11.6 Å². The second-order valence-corrected chi connectivity index (χ2v) is 3.75. The second-order valence-electron chi connectivity index (χ2n) is 3.75. The van der Waals surface area contributed by atoms with Crippen LogP contribution < -0.4 is 5.32 Å². The van der Waals surface area contributed by atoms with Gasteiger partial charge in [0.2, 0.25) is 5.75 Å². The summed E-state index contributed by atoms with van der Waals surface area (Å²) in [4.78, 5) is 9.96. The van der Waals surface area contributed by atoms with Crippen LogP contribution in [-0.2, 0) is 4.74 Å². The number of hydrogen-bond donors (Lipinski definition) is 3. The molecule has 1 saturated heterocycles. The summed E-state index contributed by atoms with van der Waals surface area (Å²) in [6.45, 7) is 1.60. The van der Waals surface area contributed by atoms with E-state index in [-0.39, 0.29) is 6.04 Å². The first-order valence-corrected chi connectivity index (χ1v) is 5.11. The van der Waals surface area contributed by atoms with Gasteiger partial charge in [-0.15, -0.1) is 0 Å². The lowest BCUT2D eigenvalue weighted by molar-refractivity contribution is -0.386. The number of phenolic OH excluding ortho intramolecular Hbond substituents is 2. The minimum Gasteiger partial charge on any atom is -0.504 e. The Morgan fingerprint density at radius 3 is 2.82 bits per heavy atom. The van der Waals surface area contributed by atoms with Crippen molar-refractivity contribution in [3.05, 3.63) is 27.8 Å². The molecule has 3 N–H and O–H groups in total. The third-order valence-corrected chi connectivity index (χ3v) is 2.61. The van der Waals surface area contributed by atoms with Gasteiger partial charge in [-0.2, -0.15) is 0 Å². The predicted molar refractivity (Wildman–Crippen MR) is 58.0 cm³/mol. The molecule has 0 unspecified atom stereocenters. The minimum absolute atomic E-state index is 0.214. The summed E-state index contributed by atoms with van der Waals surface area (Å²) in [7, 11) is 0. The van der Waals surface area contributed by atoms with E-state index in [1.807, 2.05) is 0 Å². The summed E-state index contributed by atoms with van der Waals surface area (Å²) in [6, 6.07) is 2.32. The number of nitro benzene ring substituents is 1. The van der Waals surface area contributed by atoms with Gasteiger partial charge in [0.1, 0.15) is 0 Å². The van der Waals surface area contributed by atoms with Crippen LogP contribution in [0.15, 0.2) is 12.1 Å². The summed E-state index contributed by atoms with van der Waals surface area (Å²) in [5.74, 6) is -1.21. The number of ether oxygens (including phenoxy) is 1. The van der Waals surface area contributed by atoms with E-state index in [0.29, 0.717) is 25.3 Å². The van der Waals surface area contributed by atoms with Gasteiger partial charge < -0.3 is 20.3 Å². The lowest BCUT2D eigenvalue weighted by atomic mass is 10.0. The molecule has 1 atom stereocenters. The highest BCUT2D eigenvalue weighted by atomic mass is 16.6. The lowest BCUT2D eigenvalue weighted by Gasteiger charge is -2.24. The van der Waals surface area contributed by atoms with Crippen molar-refractivity contribution >= 4 is 5.69 Å². The summed E-state index contributed by atoms with van der Waals surface area (Å²) in [5.41, 5.74) is 0.0130. The molecule has 0 radical (unpaired) electrons. The lowest BCUT2D eigenvalue weighted by Crippen LogP contribution is -2.34. The van der Waals surface area contributed by atoms with Crippen LogP contribution in [-0.4, -0.2) is 34.9 Å². The molecule has 7 nitrogen and oxygen atoms in total. The topological polar surface area (TPSA) is 105 Å². The van der Waals surface area contributed by atoms with E-state index >= 15 is 0 Å². The van der Waals surface area contributed by atoms with Crippen molar-refractivity contribution in [3.8, 4) is 11.5 Å². The van der Waals surface area contributed by atoms with Crippen LogP contribution in [0.5, 0.6) is 11.5 Å². The summed E-state index contributed by atoms with van der Waals surface area (Å²) in [6.07, 6.45) is 0. The minimum atomic E-state index is -0.734. The highest BCUT2D eigenvalue weighted by Crippen LogP contribution is 2.37. The normalized spacial score (nSPS) is 20.1. The first-order valence-electron chi connectivity index (χ1n) is 5.11. The van der Waals surface area contributed by atoms with Gasteiger partial charge in [0.15, 0.2) is 5.75 Å². The maximum absolute atomic E-state index is 10.7. The number of phenols is 2. The van der Waals surface area contributed by atoms with Gasteiger partial charge in [-0.3, -0.25) is 10.1 Å². The van der Waals surface area contributed by atoms with Gasteiger partial charge >= 0.3 is 5.69 Å². The van der Waals surface area contributed by atoms with Crippen LogP contribution >= 0.6 is 0 Å². The smallest absolute Gasteiger partial charge is 0.314 e. The fourth-order valence-corrected chi connectivity index (χ4v) is 1.75. The van der Waals surface area contributed by atoms with Crippen molar-refractivity contribution in [3.63, 3.8) is 0 Å². The molecule has 2 rings (SSSR count). The Morgan fingerprint density at radius 1 is 1.47 bits per heavy atom. The van der Waals surface area contributed by atoms with E-state index in [2.05, 4.69) is 5.32 Å². The molecule has 92 valence electrons. The van der Waals surface area contributed by atoms with Crippen molar-refractivity contribution in [2.45, 2.75) is 6.04 Å². The van der Waals surface area contributed by atoms with E-state index in [4.69, 9.17) is 4.74 Å². The Kier molecular flexibility index (Phi) is 3.12. The molecule has 1 fully saturated rings. The Hall–Kier alpha value is -1.86. The maximum atomic E-state index is 10.7. The number of benzene rings is 1. The molecule has 1 heterocycles. The molecule has 1 aliphatic heterocycles. The van der Waals surface area contributed by atoms with Crippen LogP contribution in [0.4, 0.5) is 5.69 Å². The molecule has 0 amide bonds. The van der Waals surface area contributed by atoms with E-state index < -0.39 is 22.1 Å². The van der Waals surface area contributed by atoms with Crippen molar-refractivity contribution < 1.29 is 19.9 Å². The van der Waals surface area contributed by atoms with E-state index in [1.165, 1.54) is 12.1 Å². The summed E-state index contributed by atoms with van der Waals surface area (Å²) < 4.78 is 5.23. The zero-order valence-electron chi connectivity index (χ0n) is 8.92. The van der Waals surface area contributed by atoms with Crippen molar-refractivity contribution in [2.24, 2.45) is 0 Å². The average molecular weight is 240 g/mol. The van der Waals surface area contributed by atoms with Crippen LogP contribution in [0, 0.1) is 10.1 Å². The largest absolute Gasteiger partial charge is 0.504 e. The number of hydrogen-bond acceptors (Lipinski definition) is 6. The Bertz CT molecular complexity index is 443. The maximum Gasteiger partial charge on any atom is 0.314 e. The summed E-state index contributed by atoms with van der Waals surface area (Å²) in [5, 5.41) is 32.6. The van der Waals surface area contributed by atoms with E-state index in [9.17, 15) is 20.3 Å². The van der Waals surface area contributed by atoms with Crippen LogP contribution in [0.2, 0.25) is 0 Å². The molecular formula is C10H12N2O5. The van der Waals surface area contributed by atoms with E-state index in [1.54, 1.807) is 0 Å². The highest BCUT2D eigenvalue weighted by Gasteiger charge is 2.23. The number of aromatic hydroxyl groups is 2. The van der Waals surface area contributed by atoms with Crippen molar-refractivity contribution in [2.75, 3.05) is 19.8 Å². The van der Waals surface area contributed by atoms with Crippen LogP contribution in [0.1, 0.15) is 11.6 Å². The Balaban J connectivity index is 2.37. The number of morpholine rings is 1. The predicted octanol–water partition coefficient (Wildman–Crippen LogP) is 0.667. The molecule has 1 aromatic rings. The van der Waals surface area contributed by atoms with Crippen LogP contribution in [0.25, 0.3) is 0 Å². The standard InChI is InChI=1S/C10H12N2O5/c13-9-4-6(7-5-17-2-1-11-7)3-8(10(9)14)12(15)16/h3-4,7,11,13-14H,1-2,5H2/t7-/m1/s1. The van der Waals surface area contributed by atoms with E-state index in [0.717, 1.165) is 0 Å². The molecular weight excluding hydrogens is 228 g/mol. The Labute approximate surface area is 96.8 Å². The third kappa shape index (κ3) is 2.29. The quantitative estimate of drug-likeness (QED) is 0.398. The zero-order chi connectivity index (χ0) is 12.4. The van der Waals surface area contributed by atoms with Gasteiger partial charge in [0, 0.05) is 12.6 Å². The first kappa shape index (κ1) is 11.6. The molecule has 1 aliphatic rings. The van der Waals surface area contributed by atoms with Crippen LogP contribution in [0.3, 0.4) is 0 Å². The van der Waals surface area contributed by atoms with Gasteiger partial charge in [0.05, 0.1) is 24.2 Å². The molecule has 17 heavy (non-hydrogen) atoms. The first-order chi connectivity index (χ1) is 8.09. The van der Waals surface area contributed by atoms with Gasteiger partial charge in [-0.1, -0.05) is 0 Å². The number of nitro groups is 1. The molecule has 0 spiro atoms. The van der Waals surface area contributed by atoms with Crippen molar-refractivity contribution in [1.82, 2.24) is 5.32 Å². The molecule has 0 bridgehead atoms. The number of nitrogens with one attached hydrogen (secondary N) is 1. The van der Waals surface area contributed by atoms with Gasteiger partial charge in [0.25, 0.3) is 0 Å². The second kappa shape index (κ2) is 4.56. The molecule has 0 aliphatic carbocycles. The highest BCUT2D eigenvalue weighted by molar-refractivity contribution is 5.57. The molecule has 1 aromatic carbocycles. The number of nitrogens with zero attached hydrogens (tertiary/aromatic N) is 1. The van der Waals surface area contributed by atoms with Gasteiger partial charge in [-0.25, -0.2) is 0 Å². The Morgan fingerprint density at radius 2 is 2.24 bits per heavy atom. The fraction of sp³-hybridized carbons (Fsp3) is 0.400.